The molecule has 1 aromatic carbocycles. The smallest absolute Gasteiger partial charge is 0.356 e. The molecule has 0 aliphatic heterocycles. The fourth-order valence-corrected chi connectivity index (χ4v) is 2.56. The molecular formula is C17H26F3IN4OS. The van der Waals surface area contributed by atoms with Gasteiger partial charge in [0.1, 0.15) is 0 Å². The highest BCUT2D eigenvalue weighted by atomic mass is 127. The first-order valence-corrected chi connectivity index (χ1v) is 9.66. The van der Waals surface area contributed by atoms with Crippen LogP contribution in [0, 0.1) is 0 Å². The van der Waals surface area contributed by atoms with Gasteiger partial charge in [0.2, 0.25) is 0 Å². The van der Waals surface area contributed by atoms with Gasteiger partial charge in [-0.15, -0.1) is 24.0 Å². The first kappa shape index (κ1) is 25.8. The van der Waals surface area contributed by atoms with Crippen molar-refractivity contribution in [3.63, 3.8) is 0 Å². The largest absolute Gasteiger partial charge is 0.416 e. The second-order valence-corrected chi connectivity index (χ2v) is 6.44. The minimum absolute atomic E-state index is 0. The summed E-state index contributed by atoms with van der Waals surface area (Å²) in [5.41, 5.74) is -0.586. The van der Waals surface area contributed by atoms with E-state index in [-0.39, 0.29) is 29.5 Å². The van der Waals surface area contributed by atoms with Gasteiger partial charge >= 0.3 is 6.18 Å². The highest BCUT2D eigenvalue weighted by molar-refractivity contribution is 14.0. The first-order chi connectivity index (χ1) is 12.4. The second-order valence-electron chi connectivity index (χ2n) is 5.46. The lowest BCUT2D eigenvalue weighted by molar-refractivity contribution is -0.137. The maximum Gasteiger partial charge on any atom is 0.416 e. The van der Waals surface area contributed by atoms with Crippen LogP contribution >= 0.6 is 35.7 Å². The lowest BCUT2D eigenvalue weighted by Crippen LogP contribution is -2.41. The number of alkyl halides is 3. The Balaban J connectivity index is 0.00000676. The highest BCUT2D eigenvalue weighted by Gasteiger charge is 2.30. The van der Waals surface area contributed by atoms with Crippen LogP contribution in [0.15, 0.2) is 29.3 Å². The number of carbonyl (C=O) groups is 1. The van der Waals surface area contributed by atoms with Crippen molar-refractivity contribution < 1.29 is 18.0 Å². The van der Waals surface area contributed by atoms with E-state index in [1.807, 2.05) is 11.8 Å². The number of guanidine groups is 1. The van der Waals surface area contributed by atoms with Crippen molar-refractivity contribution in [3.8, 4) is 0 Å². The van der Waals surface area contributed by atoms with Gasteiger partial charge in [0.25, 0.3) is 5.91 Å². The van der Waals surface area contributed by atoms with Gasteiger partial charge in [-0.3, -0.25) is 9.79 Å². The Morgan fingerprint density at radius 1 is 1.04 bits per heavy atom. The van der Waals surface area contributed by atoms with Crippen molar-refractivity contribution in [2.75, 3.05) is 38.7 Å². The van der Waals surface area contributed by atoms with E-state index in [2.05, 4.69) is 27.2 Å². The number of carbonyl (C=O) groups excluding carboxylic acids is 1. The number of thioether (sulfide) groups is 1. The van der Waals surface area contributed by atoms with E-state index in [1.54, 1.807) is 7.05 Å². The number of hydrogen-bond donors (Lipinski definition) is 3. The van der Waals surface area contributed by atoms with Crippen molar-refractivity contribution in [1.29, 1.82) is 0 Å². The maximum absolute atomic E-state index is 12.5. The zero-order chi connectivity index (χ0) is 19.4. The zero-order valence-electron chi connectivity index (χ0n) is 15.4. The lowest BCUT2D eigenvalue weighted by Gasteiger charge is -2.12. The Kier molecular flexibility index (Phi) is 13.3. The van der Waals surface area contributed by atoms with E-state index in [0.29, 0.717) is 19.0 Å². The lowest BCUT2D eigenvalue weighted by atomic mass is 10.1. The van der Waals surface area contributed by atoms with Crippen LogP contribution in [0.4, 0.5) is 13.2 Å². The van der Waals surface area contributed by atoms with E-state index in [0.717, 1.165) is 37.3 Å². The van der Waals surface area contributed by atoms with Gasteiger partial charge in [-0.2, -0.15) is 24.9 Å². The summed E-state index contributed by atoms with van der Waals surface area (Å²) in [7, 11) is 1.66. The SMILES string of the molecule is CN=C(NCCCCSC)NCCNC(=O)c1ccc(C(F)(F)F)cc1.I. The number of hydrogen-bond acceptors (Lipinski definition) is 3. The number of nitrogens with zero attached hydrogens (tertiary/aromatic N) is 1. The molecule has 0 aliphatic rings. The van der Waals surface area contributed by atoms with Crippen LogP contribution in [0.5, 0.6) is 0 Å². The van der Waals surface area contributed by atoms with Crippen LogP contribution in [-0.4, -0.2) is 50.6 Å². The van der Waals surface area contributed by atoms with Gasteiger partial charge in [0.15, 0.2) is 5.96 Å². The van der Waals surface area contributed by atoms with E-state index >= 15 is 0 Å². The average Bonchev–Trinajstić information content (AvgIpc) is 2.62. The third-order valence-corrected chi connectivity index (χ3v) is 4.17. The number of unbranched alkanes of at least 4 members (excludes halogenated alkanes) is 1. The monoisotopic (exact) mass is 518 g/mol. The molecular weight excluding hydrogens is 492 g/mol. The summed E-state index contributed by atoms with van der Waals surface area (Å²) >= 11 is 1.82. The molecule has 10 heteroatoms. The molecule has 0 saturated heterocycles. The summed E-state index contributed by atoms with van der Waals surface area (Å²) in [6.45, 7) is 1.60. The predicted molar refractivity (Wildman–Crippen MR) is 116 cm³/mol. The second kappa shape index (κ2) is 13.9. The molecule has 5 nitrogen and oxygen atoms in total. The van der Waals surface area contributed by atoms with Gasteiger partial charge < -0.3 is 16.0 Å². The number of nitrogens with one attached hydrogen (secondary N) is 3. The van der Waals surface area contributed by atoms with Crippen LogP contribution in [0.1, 0.15) is 28.8 Å². The Hall–Kier alpha value is -1.17. The van der Waals surface area contributed by atoms with Gasteiger partial charge in [0.05, 0.1) is 5.56 Å². The highest BCUT2D eigenvalue weighted by Crippen LogP contribution is 2.28. The Morgan fingerprint density at radius 3 is 2.19 bits per heavy atom. The third kappa shape index (κ3) is 10.7. The molecule has 0 aromatic heterocycles. The van der Waals surface area contributed by atoms with Crippen LogP contribution in [0.25, 0.3) is 0 Å². The summed E-state index contributed by atoms with van der Waals surface area (Å²) in [4.78, 5) is 16.0. The fourth-order valence-electron chi connectivity index (χ4n) is 2.07. The third-order valence-electron chi connectivity index (χ3n) is 3.47. The normalized spacial score (nSPS) is 11.5. The Bertz CT molecular complexity index is 583. The predicted octanol–water partition coefficient (Wildman–Crippen LogP) is 3.36. The van der Waals surface area contributed by atoms with Crippen molar-refractivity contribution >= 4 is 47.6 Å². The van der Waals surface area contributed by atoms with Crippen LogP contribution in [0.3, 0.4) is 0 Å². The molecule has 1 rings (SSSR count). The average molecular weight is 518 g/mol. The molecule has 0 saturated carbocycles. The number of rotatable bonds is 9. The molecule has 0 bridgehead atoms. The van der Waals surface area contributed by atoms with E-state index in [9.17, 15) is 18.0 Å². The number of amides is 1. The van der Waals surface area contributed by atoms with Crippen molar-refractivity contribution in [2.45, 2.75) is 19.0 Å². The number of aliphatic imine (C=N–C) groups is 1. The molecule has 27 heavy (non-hydrogen) atoms. The zero-order valence-corrected chi connectivity index (χ0v) is 18.5. The molecule has 0 heterocycles. The van der Waals surface area contributed by atoms with Crippen LogP contribution in [-0.2, 0) is 6.18 Å². The molecule has 1 amide bonds. The summed E-state index contributed by atoms with van der Waals surface area (Å²) in [6.07, 6.45) is -0.148. The van der Waals surface area contributed by atoms with E-state index in [4.69, 9.17) is 0 Å². The summed E-state index contributed by atoms with van der Waals surface area (Å²) in [6, 6.07) is 4.13. The molecule has 0 unspecified atom stereocenters. The molecule has 0 atom stereocenters. The van der Waals surface area contributed by atoms with Gasteiger partial charge in [0, 0.05) is 32.2 Å². The standard InChI is InChI=1S/C17H25F3N4OS.HI/c1-21-16(23-9-3-4-12-26-2)24-11-10-22-15(25)13-5-7-14(8-6-13)17(18,19)20;/h5-8H,3-4,9-12H2,1-2H3,(H,22,25)(H2,21,23,24);1H. The quantitative estimate of drug-likeness (QED) is 0.203. The number of halogens is 4. The molecule has 3 N–H and O–H groups in total. The minimum atomic E-state index is -4.41. The maximum atomic E-state index is 12.5. The molecule has 154 valence electrons. The molecule has 0 spiro atoms. The van der Waals surface area contributed by atoms with Crippen LogP contribution in [0.2, 0.25) is 0 Å². The van der Waals surface area contributed by atoms with Gasteiger partial charge in [-0.25, -0.2) is 0 Å². The summed E-state index contributed by atoms with van der Waals surface area (Å²) in [5, 5.41) is 8.90. The Labute approximate surface area is 179 Å². The number of benzene rings is 1. The van der Waals surface area contributed by atoms with Gasteiger partial charge in [-0.05, 0) is 49.1 Å². The fraction of sp³-hybridized carbons (Fsp3) is 0.529. The topological polar surface area (TPSA) is 65.5 Å². The van der Waals surface area contributed by atoms with Gasteiger partial charge in [-0.1, -0.05) is 0 Å². The molecule has 0 aliphatic carbocycles. The summed E-state index contributed by atoms with van der Waals surface area (Å²) in [5.74, 6) is 1.36. The minimum Gasteiger partial charge on any atom is -0.356 e. The summed E-state index contributed by atoms with van der Waals surface area (Å²) < 4.78 is 37.5. The van der Waals surface area contributed by atoms with Crippen molar-refractivity contribution in [3.05, 3.63) is 35.4 Å². The van der Waals surface area contributed by atoms with E-state index < -0.39 is 17.6 Å². The first-order valence-electron chi connectivity index (χ1n) is 8.27. The van der Waals surface area contributed by atoms with E-state index in [1.165, 1.54) is 12.1 Å². The Morgan fingerprint density at radius 2 is 1.63 bits per heavy atom. The molecule has 1 aromatic rings. The molecule has 0 fully saturated rings. The van der Waals surface area contributed by atoms with Crippen LogP contribution < -0.4 is 16.0 Å². The van der Waals surface area contributed by atoms with Crippen molar-refractivity contribution in [1.82, 2.24) is 16.0 Å². The van der Waals surface area contributed by atoms with Crippen molar-refractivity contribution in [2.24, 2.45) is 4.99 Å². The molecule has 0 radical (unpaired) electrons.